The second kappa shape index (κ2) is 7.07. The van der Waals surface area contributed by atoms with E-state index in [2.05, 4.69) is 22.5 Å². The summed E-state index contributed by atoms with van der Waals surface area (Å²) in [5, 5.41) is 2.58. The van der Waals surface area contributed by atoms with Gasteiger partial charge in [0.2, 0.25) is 5.91 Å². The number of carbonyl (C=O) groups is 3. The molecule has 0 spiro atoms. The Balaban J connectivity index is 1.31. The highest BCUT2D eigenvalue weighted by atomic mass is 32.2. The van der Waals surface area contributed by atoms with Gasteiger partial charge < -0.3 is 5.32 Å². The Morgan fingerprint density at radius 3 is 2.92 bits per heavy atom. The summed E-state index contributed by atoms with van der Waals surface area (Å²) in [4.78, 5) is 42.4. The lowest BCUT2D eigenvalue weighted by Crippen LogP contribution is -2.40. The molecule has 1 aromatic rings. The molecule has 1 saturated heterocycles. The minimum absolute atomic E-state index is 0.0275. The quantitative estimate of drug-likeness (QED) is 0.637. The van der Waals surface area contributed by atoms with Crippen molar-refractivity contribution in [2.75, 3.05) is 13.1 Å². The van der Waals surface area contributed by atoms with Crippen LogP contribution in [-0.2, 0) is 9.59 Å². The molecule has 2 fully saturated rings. The molecule has 2 bridgehead atoms. The van der Waals surface area contributed by atoms with Gasteiger partial charge in [0.15, 0.2) is 0 Å². The molecule has 1 aliphatic heterocycles. The summed E-state index contributed by atoms with van der Waals surface area (Å²) in [6, 6.07) is 3.60. The molecule has 3 aliphatic rings. The van der Waals surface area contributed by atoms with Gasteiger partial charge in [-0.05, 0) is 54.1 Å². The average molecular weight is 369 g/mol. The van der Waals surface area contributed by atoms with Crippen LogP contribution in [0.4, 0.5) is 4.79 Å². The van der Waals surface area contributed by atoms with Crippen LogP contribution >= 0.6 is 11.8 Å². The monoisotopic (exact) mass is 369 g/mol. The van der Waals surface area contributed by atoms with E-state index < -0.39 is 0 Å². The first-order valence-corrected chi connectivity index (χ1v) is 9.55. The number of imide groups is 1. The van der Waals surface area contributed by atoms with Crippen LogP contribution in [-0.4, -0.2) is 40.0 Å². The number of thioether (sulfide) groups is 1. The van der Waals surface area contributed by atoms with E-state index in [4.69, 9.17) is 0 Å². The molecule has 1 saturated carbocycles. The summed E-state index contributed by atoms with van der Waals surface area (Å²) in [5.41, 5.74) is 0.774. The molecule has 2 heterocycles. The second-order valence-electron chi connectivity index (χ2n) is 6.80. The molecule has 6 nitrogen and oxygen atoms in total. The molecule has 1 N–H and O–H groups in total. The van der Waals surface area contributed by atoms with Crippen LogP contribution in [0.1, 0.15) is 18.4 Å². The van der Waals surface area contributed by atoms with E-state index in [-0.39, 0.29) is 36.1 Å². The number of pyridine rings is 1. The second-order valence-corrected chi connectivity index (χ2v) is 7.79. The lowest BCUT2D eigenvalue weighted by atomic mass is 9.93. The Kier molecular flexibility index (Phi) is 4.63. The number of aromatic nitrogens is 1. The first kappa shape index (κ1) is 17.0. The molecule has 3 amide bonds. The van der Waals surface area contributed by atoms with Gasteiger partial charge in [0.25, 0.3) is 11.1 Å². The molecule has 0 radical (unpaired) electrons. The Hall–Kier alpha value is -2.41. The molecular formula is C19H19N3O3S. The molecule has 134 valence electrons. The van der Waals surface area contributed by atoms with E-state index in [0.717, 1.165) is 30.2 Å². The fourth-order valence-electron chi connectivity index (χ4n) is 3.81. The first-order valence-electron chi connectivity index (χ1n) is 8.73. The van der Waals surface area contributed by atoms with Crippen molar-refractivity contribution in [1.82, 2.24) is 15.2 Å². The highest BCUT2D eigenvalue weighted by Crippen LogP contribution is 2.43. The van der Waals surface area contributed by atoms with Crippen LogP contribution in [0.15, 0.2) is 41.6 Å². The predicted octanol–water partition coefficient (Wildman–Crippen LogP) is 2.45. The van der Waals surface area contributed by atoms with Crippen LogP contribution in [0, 0.1) is 17.8 Å². The Morgan fingerprint density at radius 1 is 1.35 bits per heavy atom. The van der Waals surface area contributed by atoms with Crippen LogP contribution in [0.3, 0.4) is 0 Å². The van der Waals surface area contributed by atoms with E-state index in [1.165, 1.54) is 4.90 Å². The molecule has 2 aliphatic carbocycles. The van der Waals surface area contributed by atoms with Gasteiger partial charge in [-0.2, -0.15) is 0 Å². The zero-order valence-corrected chi connectivity index (χ0v) is 14.9. The van der Waals surface area contributed by atoms with Crippen molar-refractivity contribution in [2.24, 2.45) is 17.8 Å². The van der Waals surface area contributed by atoms with Crippen LogP contribution in [0.5, 0.6) is 0 Å². The third kappa shape index (κ3) is 3.31. The topological polar surface area (TPSA) is 79.4 Å². The predicted molar refractivity (Wildman–Crippen MR) is 98.8 cm³/mol. The molecule has 1 aromatic heterocycles. The van der Waals surface area contributed by atoms with Crippen molar-refractivity contribution in [3.63, 3.8) is 0 Å². The van der Waals surface area contributed by atoms with Crippen molar-refractivity contribution in [1.29, 1.82) is 0 Å². The van der Waals surface area contributed by atoms with Gasteiger partial charge in [0.05, 0.1) is 4.91 Å². The molecule has 26 heavy (non-hydrogen) atoms. The summed E-state index contributed by atoms with van der Waals surface area (Å²) in [6.07, 6.45) is 11.3. The van der Waals surface area contributed by atoms with E-state index in [1.807, 2.05) is 6.07 Å². The minimum atomic E-state index is -0.319. The van der Waals surface area contributed by atoms with Gasteiger partial charge >= 0.3 is 0 Å². The summed E-state index contributed by atoms with van der Waals surface area (Å²) in [7, 11) is 0. The maximum Gasteiger partial charge on any atom is 0.293 e. The number of fused-ring (bicyclic) bond motifs is 2. The fraction of sp³-hybridized carbons (Fsp3) is 0.368. The highest BCUT2D eigenvalue weighted by Gasteiger charge is 2.40. The van der Waals surface area contributed by atoms with Gasteiger partial charge in [0.1, 0.15) is 0 Å². The van der Waals surface area contributed by atoms with Crippen LogP contribution in [0.25, 0.3) is 6.08 Å². The molecule has 3 unspecified atom stereocenters. The number of hydrogen-bond donors (Lipinski definition) is 1. The lowest BCUT2D eigenvalue weighted by molar-refractivity contribution is -0.127. The average Bonchev–Trinajstić information content (AvgIpc) is 3.34. The van der Waals surface area contributed by atoms with Gasteiger partial charge in [-0.3, -0.25) is 24.3 Å². The Labute approximate surface area is 155 Å². The first-order chi connectivity index (χ1) is 12.6. The van der Waals surface area contributed by atoms with E-state index in [1.54, 1.807) is 24.5 Å². The third-order valence-corrected chi connectivity index (χ3v) is 6.01. The molecule has 7 heteroatoms. The molecular weight excluding hydrogens is 350 g/mol. The number of amides is 3. The summed E-state index contributed by atoms with van der Waals surface area (Å²) in [6.45, 7) is 0.478. The summed E-state index contributed by atoms with van der Waals surface area (Å²) in [5.74, 6) is 0.625. The smallest absolute Gasteiger partial charge is 0.293 e. The zero-order valence-electron chi connectivity index (χ0n) is 14.1. The van der Waals surface area contributed by atoms with Gasteiger partial charge in [-0.1, -0.05) is 18.2 Å². The van der Waals surface area contributed by atoms with Gasteiger partial charge in [-0.15, -0.1) is 0 Å². The fourth-order valence-corrected chi connectivity index (χ4v) is 4.67. The lowest BCUT2D eigenvalue weighted by Gasteiger charge is -2.19. The van der Waals surface area contributed by atoms with Crippen molar-refractivity contribution >= 4 is 34.9 Å². The van der Waals surface area contributed by atoms with Gasteiger partial charge in [-0.25, -0.2) is 0 Å². The minimum Gasteiger partial charge on any atom is -0.354 e. The maximum atomic E-state index is 12.4. The standard InChI is InChI=1S/C19H19N3O3S/c23-17(15-9-12-3-4-14(15)8-12)21-6-7-22-18(24)16(26-19(22)25)10-13-2-1-5-20-11-13/h1-5,10-12,14-15H,6-9H2,(H,21,23)/b16-10+. The van der Waals surface area contributed by atoms with E-state index >= 15 is 0 Å². The number of hydrogen-bond acceptors (Lipinski definition) is 5. The summed E-state index contributed by atoms with van der Waals surface area (Å²) >= 11 is 0.920. The van der Waals surface area contributed by atoms with Crippen LogP contribution < -0.4 is 5.32 Å². The molecule has 3 atom stereocenters. The number of nitrogens with zero attached hydrogens (tertiary/aromatic N) is 2. The van der Waals surface area contributed by atoms with E-state index in [0.29, 0.717) is 16.7 Å². The molecule has 0 aromatic carbocycles. The Bertz CT molecular complexity index is 806. The van der Waals surface area contributed by atoms with Crippen molar-refractivity contribution in [3.8, 4) is 0 Å². The SMILES string of the molecule is O=C(NCCN1C(=O)S/C(=C/c2cccnc2)C1=O)C1CC2C=CC1C2. The van der Waals surface area contributed by atoms with Crippen LogP contribution in [0.2, 0.25) is 0 Å². The van der Waals surface area contributed by atoms with Crippen molar-refractivity contribution < 1.29 is 14.4 Å². The zero-order chi connectivity index (χ0) is 18.1. The number of carbonyl (C=O) groups excluding carboxylic acids is 3. The largest absolute Gasteiger partial charge is 0.354 e. The van der Waals surface area contributed by atoms with E-state index in [9.17, 15) is 14.4 Å². The highest BCUT2D eigenvalue weighted by molar-refractivity contribution is 8.18. The number of nitrogens with one attached hydrogen (secondary N) is 1. The number of allylic oxidation sites excluding steroid dienone is 2. The molecule has 4 rings (SSSR count). The number of rotatable bonds is 5. The summed E-state index contributed by atoms with van der Waals surface area (Å²) < 4.78 is 0. The van der Waals surface area contributed by atoms with Crippen molar-refractivity contribution in [3.05, 3.63) is 47.1 Å². The third-order valence-electron chi connectivity index (χ3n) is 5.11. The maximum absolute atomic E-state index is 12.4. The van der Waals surface area contributed by atoms with Crippen molar-refractivity contribution in [2.45, 2.75) is 12.8 Å². The normalized spacial score (nSPS) is 28.4. The Morgan fingerprint density at radius 2 is 2.23 bits per heavy atom. The van der Waals surface area contributed by atoms with Gasteiger partial charge in [0, 0.05) is 31.4 Å².